The van der Waals surface area contributed by atoms with Crippen LogP contribution < -0.4 is 10.0 Å². The molecule has 2 aromatic carbocycles. The van der Waals surface area contributed by atoms with Gasteiger partial charge in [0.1, 0.15) is 6.54 Å². The van der Waals surface area contributed by atoms with Crippen molar-refractivity contribution in [3.63, 3.8) is 0 Å². The Balaban J connectivity index is 1.95. The Bertz CT molecular complexity index is 1020. The number of esters is 1. The maximum absolute atomic E-state index is 12.2. The van der Waals surface area contributed by atoms with Crippen LogP contribution in [-0.2, 0) is 19.6 Å². The van der Waals surface area contributed by atoms with Crippen LogP contribution in [0.5, 0.6) is 0 Å². The average Bonchev–Trinajstić information content (AvgIpc) is 2.69. The molecule has 1 amide bonds. The SMILES string of the molecule is O=C(COC(=O)c1cccc(NS(=O)(=O)C=Cc2ccccc2)c1)NCC(F)(F)F. The Kier molecular flexibility index (Phi) is 7.59. The Morgan fingerprint density at radius 3 is 2.40 bits per heavy atom. The second-order valence-electron chi connectivity index (χ2n) is 5.91. The summed E-state index contributed by atoms with van der Waals surface area (Å²) in [7, 11) is -3.88. The minimum Gasteiger partial charge on any atom is -0.452 e. The normalized spacial score (nSPS) is 11.8. The van der Waals surface area contributed by atoms with E-state index in [0.29, 0.717) is 5.56 Å². The number of alkyl halides is 3. The molecule has 2 N–H and O–H groups in total. The first-order valence-corrected chi connectivity index (χ1v) is 9.95. The lowest BCUT2D eigenvalue weighted by atomic mass is 10.2. The zero-order valence-electron chi connectivity index (χ0n) is 15.3. The Morgan fingerprint density at radius 2 is 1.73 bits per heavy atom. The second-order valence-corrected chi connectivity index (χ2v) is 7.48. The molecule has 7 nitrogen and oxygen atoms in total. The van der Waals surface area contributed by atoms with E-state index in [1.54, 1.807) is 35.6 Å². The lowest BCUT2D eigenvalue weighted by Crippen LogP contribution is -2.36. The van der Waals surface area contributed by atoms with Gasteiger partial charge in [0.15, 0.2) is 6.61 Å². The van der Waals surface area contributed by atoms with E-state index >= 15 is 0 Å². The number of hydrogen-bond donors (Lipinski definition) is 2. The summed E-state index contributed by atoms with van der Waals surface area (Å²) in [5.74, 6) is -2.12. The van der Waals surface area contributed by atoms with Crippen molar-refractivity contribution in [2.24, 2.45) is 0 Å². The average molecular weight is 442 g/mol. The molecule has 30 heavy (non-hydrogen) atoms. The highest BCUT2D eigenvalue weighted by atomic mass is 32.2. The van der Waals surface area contributed by atoms with Crippen molar-refractivity contribution in [3.05, 3.63) is 71.1 Å². The molecule has 0 radical (unpaired) electrons. The summed E-state index contributed by atoms with van der Waals surface area (Å²) in [5, 5.41) is 2.52. The molecule has 0 unspecified atom stereocenters. The number of anilines is 1. The largest absolute Gasteiger partial charge is 0.452 e. The summed E-state index contributed by atoms with van der Waals surface area (Å²) >= 11 is 0. The molecular formula is C19H17F3N2O5S. The van der Waals surface area contributed by atoms with Gasteiger partial charge in [-0.25, -0.2) is 13.2 Å². The molecular weight excluding hydrogens is 425 g/mol. The fourth-order valence-electron chi connectivity index (χ4n) is 2.10. The maximum atomic E-state index is 12.2. The van der Waals surface area contributed by atoms with Gasteiger partial charge in [-0.1, -0.05) is 36.4 Å². The summed E-state index contributed by atoms with van der Waals surface area (Å²) in [4.78, 5) is 23.2. The molecule has 0 aliphatic heterocycles. The maximum Gasteiger partial charge on any atom is 0.405 e. The molecule has 0 saturated heterocycles. The second kappa shape index (κ2) is 9.92. The molecule has 0 aliphatic carbocycles. The highest BCUT2D eigenvalue weighted by Gasteiger charge is 2.27. The molecule has 160 valence electrons. The van der Waals surface area contributed by atoms with Gasteiger partial charge in [0.2, 0.25) is 0 Å². The zero-order chi connectivity index (χ0) is 22.2. The number of rotatable bonds is 8. The molecule has 0 saturated carbocycles. The van der Waals surface area contributed by atoms with Crippen molar-refractivity contribution >= 4 is 33.7 Å². The van der Waals surface area contributed by atoms with E-state index in [1.165, 1.54) is 30.3 Å². The van der Waals surface area contributed by atoms with Gasteiger partial charge in [-0.15, -0.1) is 0 Å². The number of carbonyl (C=O) groups is 2. The van der Waals surface area contributed by atoms with Crippen LogP contribution in [0.25, 0.3) is 6.08 Å². The topological polar surface area (TPSA) is 102 Å². The molecule has 0 fully saturated rings. The van der Waals surface area contributed by atoms with Crippen molar-refractivity contribution in [1.82, 2.24) is 5.32 Å². The smallest absolute Gasteiger partial charge is 0.405 e. The van der Waals surface area contributed by atoms with E-state index in [-0.39, 0.29) is 11.3 Å². The van der Waals surface area contributed by atoms with Crippen LogP contribution in [0.1, 0.15) is 15.9 Å². The van der Waals surface area contributed by atoms with Gasteiger partial charge in [-0.05, 0) is 29.8 Å². The van der Waals surface area contributed by atoms with Gasteiger partial charge in [0.25, 0.3) is 15.9 Å². The van der Waals surface area contributed by atoms with E-state index in [1.807, 2.05) is 0 Å². The van der Waals surface area contributed by atoms with E-state index < -0.39 is 41.2 Å². The van der Waals surface area contributed by atoms with Crippen molar-refractivity contribution in [1.29, 1.82) is 0 Å². The number of ether oxygens (including phenoxy) is 1. The van der Waals surface area contributed by atoms with Crippen LogP contribution in [0.3, 0.4) is 0 Å². The van der Waals surface area contributed by atoms with Crippen LogP contribution >= 0.6 is 0 Å². The molecule has 0 bridgehead atoms. The molecule has 0 aliphatic rings. The molecule has 0 aromatic heterocycles. The monoisotopic (exact) mass is 442 g/mol. The highest BCUT2D eigenvalue weighted by Crippen LogP contribution is 2.15. The van der Waals surface area contributed by atoms with E-state index in [9.17, 15) is 31.2 Å². The van der Waals surface area contributed by atoms with Crippen LogP contribution in [0.4, 0.5) is 18.9 Å². The number of amides is 1. The summed E-state index contributed by atoms with van der Waals surface area (Å²) in [6, 6.07) is 13.9. The van der Waals surface area contributed by atoms with Gasteiger partial charge < -0.3 is 10.1 Å². The van der Waals surface area contributed by atoms with Crippen molar-refractivity contribution < 1.29 is 35.9 Å². The fraction of sp³-hybridized carbons (Fsp3) is 0.158. The van der Waals surface area contributed by atoms with E-state index in [2.05, 4.69) is 9.46 Å². The van der Waals surface area contributed by atoms with Crippen LogP contribution in [0, 0.1) is 0 Å². The summed E-state index contributed by atoms with van der Waals surface area (Å²) in [6.07, 6.45) is -3.19. The van der Waals surface area contributed by atoms with Gasteiger partial charge in [0, 0.05) is 5.69 Å². The summed E-state index contributed by atoms with van der Waals surface area (Å²) in [5.41, 5.74) is 0.638. The zero-order valence-corrected chi connectivity index (χ0v) is 16.2. The predicted octanol–water partition coefficient (Wildman–Crippen LogP) is 2.93. The first-order chi connectivity index (χ1) is 14.0. The molecule has 0 atom stereocenters. The van der Waals surface area contributed by atoms with E-state index in [0.717, 1.165) is 5.41 Å². The molecule has 2 rings (SSSR count). The first kappa shape index (κ1) is 22.9. The number of hydrogen-bond acceptors (Lipinski definition) is 5. The standard InChI is InChI=1S/C19H17F3N2O5S/c20-19(21,22)13-23-17(25)12-29-18(26)15-7-4-8-16(11-15)24-30(27,28)10-9-14-5-2-1-3-6-14/h1-11,24H,12-13H2,(H,23,25). The number of benzene rings is 2. The lowest BCUT2D eigenvalue weighted by Gasteiger charge is -2.09. The molecule has 11 heteroatoms. The number of nitrogens with one attached hydrogen (secondary N) is 2. The Morgan fingerprint density at radius 1 is 1.03 bits per heavy atom. The van der Waals surface area contributed by atoms with Gasteiger partial charge >= 0.3 is 12.1 Å². The van der Waals surface area contributed by atoms with Gasteiger partial charge in [-0.2, -0.15) is 13.2 Å². The lowest BCUT2D eigenvalue weighted by molar-refractivity contribution is -0.140. The summed E-state index contributed by atoms with van der Waals surface area (Å²) in [6.45, 7) is -2.46. The van der Waals surface area contributed by atoms with Crippen LogP contribution in [0.2, 0.25) is 0 Å². The Hall–Kier alpha value is -3.34. The molecule has 0 heterocycles. The van der Waals surface area contributed by atoms with Crippen LogP contribution in [0.15, 0.2) is 60.0 Å². The molecule has 2 aromatic rings. The predicted molar refractivity (Wildman–Crippen MR) is 104 cm³/mol. The third kappa shape index (κ3) is 8.35. The first-order valence-electron chi connectivity index (χ1n) is 8.41. The number of carbonyl (C=O) groups excluding carboxylic acids is 2. The van der Waals surface area contributed by atoms with E-state index in [4.69, 9.17) is 0 Å². The van der Waals surface area contributed by atoms with Crippen LogP contribution in [-0.4, -0.2) is 39.6 Å². The van der Waals surface area contributed by atoms with Gasteiger partial charge in [0.05, 0.1) is 11.0 Å². The quantitative estimate of drug-likeness (QED) is 0.612. The van der Waals surface area contributed by atoms with Crippen molar-refractivity contribution in [2.75, 3.05) is 17.9 Å². The number of halogens is 3. The minimum atomic E-state index is -4.58. The third-order valence-corrected chi connectivity index (χ3v) is 4.43. The number of sulfonamides is 1. The third-order valence-electron chi connectivity index (χ3n) is 3.42. The summed E-state index contributed by atoms with van der Waals surface area (Å²) < 4.78 is 67.3. The van der Waals surface area contributed by atoms with Crippen molar-refractivity contribution in [3.8, 4) is 0 Å². The van der Waals surface area contributed by atoms with Crippen molar-refractivity contribution in [2.45, 2.75) is 6.18 Å². The fourth-order valence-corrected chi connectivity index (χ4v) is 2.96. The van der Waals surface area contributed by atoms with Gasteiger partial charge in [-0.3, -0.25) is 9.52 Å². The highest BCUT2D eigenvalue weighted by molar-refractivity contribution is 7.95. The molecule has 0 spiro atoms. The minimum absolute atomic E-state index is 0.0590. The Labute approximate surface area is 170 Å².